The SMILES string of the molecule is CCOC1(C)C=CCCCCC1=C=O. The molecule has 0 amide bonds. The lowest BCUT2D eigenvalue weighted by Gasteiger charge is -2.28. The number of ether oxygens (including phenoxy) is 1. The molecule has 0 saturated heterocycles. The summed E-state index contributed by atoms with van der Waals surface area (Å²) in [6.07, 6.45) is 8.18. The molecule has 0 spiro atoms. The van der Waals surface area contributed by atoms with Crippen molar-refractivity contribution in [2.75, 3.05) is 6.61 Å². The summed E-state index contributed by atoms with van der Waals surface area (Å²) in [5.74, 6) is 2.04. The standard InChI is InChI=1S/C12H18O2/c1-3-14-12(2)9-7-5-4-6-8-11(12)10-13/h7,9H,3-6,8H2,1-2H3. The van der Waals surface area contributed by atoms with E-state index in [2.05, 4.69) is 6.08 Å². The van der Waals surface area contributed by atoms with Crippen LogP contribution in [0.15, 0.2) is 17.7 Å². The van der Waals surface area contributed by atoms with Crippen molar-refractivity contribution in [3.05, 3.63) is 17.7 Å². The molecule has 0 fully saturated rings. The Morgan fingerprint density at radius 3 is 3.00 bits per heavy atom. The van der Waals surface area contributed by atoms with Gasteiger partial charge in [-0.3, -0.25) is 0 Å². The van der Waals surface area contributed by atoms with E-state index in [-0.39, 0.29) is 0 Å². The molecule has 14 heavy (non-hydrogen) atoms. The number of allylic oxidation sites excluding steroid dienone is 1. The molecule has 0 aromatic carbocycles. The average Bonchev–Trinajstić information content (AvgIpc) is 2.14. The van der Waals surface area contributed by atoms with Crippen molar-refractivity contribution in [2.24, 2.45) is 0 Å². The molecule has 1 aliphatic carbocycles. The Labute approximate surface area is 85.6 Å². The summed E-state index contributed by atoms with van der Waals surface area (Å²) in [7, 11) is 0. The molecule has 0 N–H and O–H groups in total. The zero-order valence-electron chi connectivity index (χ0n) is 9.01. The van der Waals surface area contributed by atoms with Crippen LogP contribution in [0.3, 0.4) is 0 Å². The highest BCUT2D eigenvalue weighted by Crippen LogP contribution is 2.28. The minimum Gasteiger partial charge on any atom is -0.366 e. The van der Waals surface area contributed by atoms with Crippen molar-refractivity contribution in [1.82, 2.24) is 0 Å². The molecule has 0 radical (unpaired) electrons. The molecule has 0 aromatic rings. The van der Waals surface area contributed by atoms with Gasteiger partial charge in [0.05, 0.1) is 0 Å². The van der Waals surface area contributed by atoms with Crippen LogP contribution < -0.4 is 0 Å². The Bertz CT molecular complexity index is 261. The third-order valence-corrected chi connectivity index (χ3v) is 2.65. The van der Waals surface area contributed by atoms with Crippen molar-refractivity contribution in [1.29, 1.82) is 0 Å². The van der Waals surface area contributed by atoms with Gasteiger partial charge < -0.3 is 4.74 Å². The first-order valence-corrected chi connectivity index (χ1v) is 5.29. The predicted octanol–water partition coefficient (Wildman–Crippen LogP) is 2.67. The smallest absolute Gasteiger partial charge is 0.126 e. The highest BCUT2D eigenvalue weighted by molar-refractivity contribution is 5.57. The van der Waals surface area contributed by atoms with Gasteiger partial charge in [0.2, 0.25) is 0 Å². The van der Waals surface area contributed by atoms with Crippen LogP contribution >= 0.6 is 0 Å². The van der Waals surface area contributed by atoms with Crippen LogP contribution in [0.5, 0.6) is 0 Å². The van der Waals surface area contributed by atoms with Gasteiger partial charge in [0.1, 0.15) is 11.5 Å². The fraction of sp³-hybridized carbons (Fsp3) is 0.667. The first-order valence-electron chi connectivity index (χ1n) is 5.29. The van der Waals surface area contributed by atoms with E-state index in [4.69, 9.17) is 4.74 Å². The van der Waals surface area contributed by atoms with E-state index >= 15 is 0 Å². The van der Waals surface area contributed by atoms with E-state index in [1.165, 1.54) is 0 Å². The third-order valence-electron chi connectivity index (χ3n) is 2.65. The molecule has 2 nitrogen and oxygen atoms in total. The van der Waals surface area contributed by atoms with E-state index in [0.29, 0.717) is 6.61 Å². The monoisotopic (exact) mass is 194 g/mol. The summed E-state index contributed by atoms with van der Waals surface area (Å²) in [5.41, 5.74) is 0.229. The summed E-state index contributed by atoms with van der Waals surface area (Å²) in [4.78, 5) is 10.8. The van der Waals surface area contributed by atoms with Crippen LogP contribution in [0.1, 0.15) is 39.5 Å². The topological polar surface area (TPSA) is 26.3 Å². The maximum Gasteiger partial charge on any atom is 0.126 e. The Hall–Kier alpha value is -0.850. The number of carbonyl (C=O) groups excluding carboxylic acids is 1. The summed E-state index contributed by atoms with van der Waals surface area (Å²) >= 11 is 0. The number of rotatable bonds is 2. The molecule has 1 aliphatic rings. The van der Waals surface area contributed by atoms with Crippen molar-refractivity contribution in [3.63, 3.8) is 0 Å². The number of hydrogen-bond donors (Lipinski definition) is 0. The number of hydrogen-bond acceptors (Lipinski definition) is 2. The molecule has 0 aliphatic heterocycles. The van der Waals surface area contributed by atoms with Crippen LogP contribution in [0, 0.1) is 0 Å². The molecule has 1 rings (SSSR count). The minimum absolute atomic E-state index is 0.517. The Morgan fingerprint density at radius 1 is 1.57 bits per heavy atom. The third kappa shape index (κ3) is 2.57. The van der Waals surface area contributed by atoms with E-state index < -0.39 is 5.60 Å². The molecule has 1 atom stereocenters. The second-order valence-electron chi connectivity index (χ2n) is 3.77. The van der Waals surface area contributed by atoms with Crippen LogP contribution in [0.25, 0.3) is 0 Å². The first-order chi connectivity index (χ1) is 6.73. The van der Waals surface area contributed by atoms with Crippen LogP contribution in [-0.2, 0) is 9.53 Å². The fourth-order valence-corrected chi connectivity index (χ4v) is 1.81. The highest BCUT2D eigenvalue weighted by Gasteiger charge is 2.28. The van der Waals surface area contributed by atoms with Crippen LogP contribution in [0.2, 0.25) is 0 Å². The summed E-state index contributed by atoms with van der Waals surface area (Å²) in [5, 5.41) is 0. The van der Waals surface area contributed by atoms with Gasteiger partial charge in [0.25, 0.3) is 0 Å². The first kappa shape index (κ1) is 11.2. The zero-order chi connectivity index (χ0) is 10.4. The molecule has 0 aromatic heterocycles. The summed E-state index contributed by atoms with van der Waals surface area (Å²) < 4.78 is 5.62. The molecule has 0 bridgehead atoms. The summed E-state index contributed by atoms with van der Waals surface area (Å²) in [6.45, 7) is 4.50. The largest absolute Gasteiger partial charge is 0.366 e. The maximum absolute atomic E-state index is 10.8. The molecule has 78 valence electrons. The van der Waals surface area contributed by atoms with Crippen LogP contribution in [0.4, 0.5) is 0 Å². The Kier molecular flexibility index (Phi) is 4.12. The van der Waals surface area contributed by atoms with E-state index in [9.17, 15) is 4.79 Å². The lowest BCUT2D eigenvalue weighted by Crippen LogP contribution is -2.30. The Balaban J connectivity index is 2.92. The van der Waals surface area contributed by atoms with Gasteiger partial charge in [-0.2, -0.15) is 0 Å². The van der Waals surface area contributed by atoms with Gasteiger partial charge in [0, 0.05) is 12.2 Å². The van der Waals surface area contributed by atoms with Gasteiger partial charge in [-0.1, -0.05) is 12.2 Å². The highest BCUT2D eigenvalue weighted by atomic mass is 16.5. The molecular formula is C12H18O2. The van der Waals surface area contributed by atoms with Crippen molar-refractivity contribution in [2.45, 2.75) is 45.1 Å². The fourth-order valence-electron chi connectivity index (χ4n) is 1.81. The molecule has 0 heterocycles. The molecule has 0 saturated carbocycles. The van der Waals surface area contributed by atoms with E-state index in [1.54, 1.807) is 0 Å². The van der Waals surface area contributed by atoms with Crippen molar-refractivity contribution in [3.8, 4) is 0 Å². The normalized spacial score (nSPS) is 28.0. The van der Waals surface area contributed by atoms with Gasteiger partial charge in [0.15, 0.2) is 0 Å². The lowest BCUT2D eigenvalue weighted by atomic mass is 9.89. The van der Waals surface area contributed by atoms with E-state index in [1.807, 2.05) is 25.9 Å². The zero-order valence-corrected chi connectivity index (χ0v) is 9.01. The van der Waals surface area contributed by atoms with Gasteiger partial charge in [-0.25, -0.2) is 4.79 Å². The van der Waals surface area contributed by atoms with Gasteiger partial charge >= 0.3 is 0 Å². The quantitative estimate of drug-likeness (QED) is 0.499. The second kappa shape index (κ2) is 5.14. The summed E-state index contributed by atoms with van der Waals surface area (Å²) in [6, 6.07) is 0. The van der Waals surface area contributed by atoms with Crippen LogP contribution in [-0.4, -0.2) is 18.1 Å². The Morgan fingerprint density at radius 2 is 2.36 bits per heavy atom. The van der Waals surface area contributed by atoms with E-state index in [0.717, 1.165) is 31.3 Å². The maximum atomic E-state index is 10.8. The predicted molar refractivity (Wildman–Crippen MR) is 56.8 cm³/mol. The average molecular weight is 194 g/mol. The molecular weight excluding hydrogens is 176 g/mol. The molecule has 2 heteroatoms. The minimum atomic E-state index is -0.517. The van der Waals surface area contributed by atoms with Crippen molar-refractivity contribution >= 4 is 5.94 Å². The molecule has 1 unspecified atom stereocenters. The van der Waals surface area contributed by atoms with Gasteiger partial charge in [-0.15, -0.1) is 0 Å². The van der Waals surface area contributed by atoms with Gasteiger partial charge in [-0.05, 0) is 39.5 Å². The second-order valence-corrected chi connectivity index (χ2v) is 3.77. The lowest BCUT2D eigenvalue weighted by molar-refractivity contribution is 0.0395. The van der Waals surface area contributed by atoms with Crippen molar-refractivity contribution < 1.29 is 9.53 Å².